The van der Waals surface area contributed by atoms with E-state index < -0.39 is 0 Å². The summed E-state index contributed by atoms with van der Waals surface area (Å²) < 4.78 is 5.19. The minimum absolute atomic E-state index is 0.134. The summed E-state index contributed by atoms with van der Waals surface area (Å²) in [5.41, 5.74) is 0. The Morgan fingerprint density at radius 3 is 2.71 bits per heavy atom. The fourth-order valence-corrected chi connectivity index (χ4v) is 1.29. The number of nitrogens with one attached hydrogen (secondary N) is 2. The van der Waals surface area contributed by atoms with E-state index in [0.29, 0.717) is 19.0 Å². The van der Waals surface area contributed by atoms with Crippen LogP contribution in [0, 0.1) is 0 Å². The number of carbonyl (C=O) groups is 1. The van der Waals surface area contributed by atoms with Crippen molar-refractivity contribution in [3.63, 3.8) is 0 Å². The summed E-state index contributed by atoms with van der Waals surface area (Å²) in [6, 6.07) is -0.134. The summed E-state index contributed by atoms with van der Waals surface area (Å²) in [5, 5.41) is 5.46. The fraction of sp³-hybridized carbons (Fsp3) is 0.875. The second-order valence-electron chi connectivity index (χ2n) is 3.04. The number of hydrogen-bond donors (Lipinski definition) is 3. The fourth-order valence-electron chi connectivity index (χ4n) is 1.17. The van der Waals surface area contributed by atoms with Crippen LogP contribution in [-0.2, 0) is 4.74 Å². The molecule has 0 aliphatic carbocycles. The molecule has 14 heavy (non-hydrogen) atoms. The summed E-state index contributed by atoms with van der Waals surface area (Å²) in [4.78, 5) is 13.3. The number of amides is 2. The van der Waals surface area contributed by atoms with E-state index in [-0.39, 0.29) is 6.03 Å². The van der Waals surface area contributed by atoms with Gasteiger partial charge in [-0.3, -0.25) is 4.90 Å². The summed E-state index contributed by atoms with van der Waals surface area (Å²) in [5.74, 6) is 0.658. The zero-order valence-electron chi connectivity index (χ0n) is 8.16. The molecule has 0 aromatic heterocycles. The predicted octanol–water partition coefficient (Wildman–Crippen LogP) is -0.495. The average Bonchev–Trinajstić information content (AvgIpc) is 2.25. The van der Waals surface area contributed by atoms with Crippen LogP contribution in [0.5, 0.6) is 0 Å². The van der Waals surface area contributed by atoms with Crippen LogP contribution in [0.2, 0.25) is 0 Å². The van der Waals surface area contributed by atoms with Gasteiger partial charge in [0.05, 0.1) is 19.9 Å². The quantitative estimate of drug-likeness (QED) is 0.559. The maximum absolute atomic E-state index is 11.1. The summed E-state index contributed by atoms with van der Waals surface area (Å²) in [7, 11) is 0. The largest absolute Gasteiger partial charge is 0.379 e. The minimum Gasteiger partial charge on any atom is -0.379 e. The molecule has 0 bridgehead atoms. The van der Waals surface area contributed by atoms with Crippen LogP contribution in [0.1, 0.15) is 0 Å². The monoisotopic (exact) mass is 219 g/mol. The van der Waals surface area contributed by atoms with Gasteiger partial charge in [-0.1, -0.05) is 0 Å². The molecule has 1 rings (SSSR count). The van der Waals surface area contributed by atoms with E-state index in [9.17, 15) is 4.79 Å². The van der Waals surface area contributed by atoms with Gasteiger partial charge in [0.15, 0.2) is 0 Å². The third-order valence-corrected chi connectivity index (χ3v) is 2.19. The molecule has 0 radical (unpaired) electrons. The van der Waals surface area contributed by atoms with E-state index >= 15 is 0 Å². The van der Waals surface area contributed by atoms with E-state index in [1.807, 2.05) is 0 Å². The van der Waals surface area contributed by atoms with Crippen molar-refractivity contribution < 1.29 is 9.53 Å². The Balaban J connectivity index is 2.03. The first-order valence-electron chi connectivity index (χ1n) is 4.75. The molecule has 0 spiro atoms. The lowest BCUT2D eigenvalue weighted by molar-refractivity contribution is 0.0355. The molecule has 0 aromatic rings. The standard InChI is InChI=1S/C8H17N3O2S/c12-8(9-1-6-14)10-7-11-2-4-13-5-3-11/h14H,1-7H2,(H2,9,10,12). The molecule has 2 amide bonds. The second kappa shape index (κ2) is 6.92. The molecule has 5 nitrogen and oxygen atoms in total. The molecular weight excluding hydrogens is 202 g/mol. The number of rotatable bonds is 4. The van der Waals surface area contributed by atoms with Gasteiger partial charge in [0.2, 0.25) is 0 Å². The van der Waals surface area contributed by atoms with E-state index in [1.54, 1.807) is 0 Å². The number of urea groups is 1. The Kier molecular flexibility index (Phi) is 5.74. The smallest absolute Gasteiger partial charge is 0.315 e. The van der Waals surface area contributed by atoms with Crippen molar-refractivity contribution >= 4 is 18.7 Å². The van der Waals surface area contributed by atoms with Gasteiger partial charge < -0.3 is 15.4 Å². The molecular formula is C8H17N3O2S. The van der Waals surface area contributed by atoms with Gasteiger partial charge in [0.1, 0.15) is 0 Å². The number of carbonyl (C=O) groups excluding carboxylic acids is 1. The number of ether oxygens (including phenoxy) is 1. The van der Waals surface area contributed by atoms with Crippen LogP contribution in [0.15, 0.2) is 0 Å². The molecule has 82 valence electrons. The first-order valence-corrected chi connectivity index (χ1v) is 5.39. The third-order valence-electron chi connectivity index (χ3n) is 1.96. The van der Waals surface area contributed by atoms with Gasteiger partial charge in [-0.15, -0.1) is 0 Å². The van der Waals surface area contributed by atoms with Crippen molar-refractivity contribution in [3.8, 4) is 0 Å². The molecule has 6 heteroatoms. The SMILES string of the molecule is O=C(NCCS)NCN1CCOCC1. The highest BCUT2D eigenvalue weighted by Gasteiger charge is 2.10. The van der Waals surface area contributed by atoms with Crippen LogP contribution < -0.4 is 10.6 Å². The van der Waals surface area contributed by atoms with Crippen LogP contribution >= 0.6 is 12.6 Å². The van der Waals surface area contributed by atoms with Crippen LogP contribution in [0.3, 0.4) is 0 Å². The Morgan fingerprint density at radius 1 is 1.36 bits per heavy atom. The lowest BCUT2D eigenvalue weighted by Crippen LogP contribution is -2.46. The third kappa shape index (κ3) is 4.69. The van der Waals surface area contributed by atoms with Crippen LogP contribution in [-0.4, -0.2) is 56.2 Å². The molecule has 2 N–H and O–H groups in total. The van der Waals surface area contributed by atoms with Gasteiger partial charge in [0.25, 0.3) is 0 Å². The molecule has 0 aromatic carbocycles. The molecule has 1 heterocycles. The molecule has 1 saturated heterocycles. The highest BCUT2D eigenvalue weighted by molar-refractivity contribution is 7.80. The first-order chi connectivity index (χ1) is 6.83. The topological polar surface area (TPSA) is 53.6 Å². The predicted molar refractivity (Wildman–Crippen MR) is 57.6 cm³/mol. The number of hydrogen-bond acceptors (Lipinski definition) is 4. The van der Waals surface area contributed by atoms with Crippen molar-refractivity contribution in [2.45, 2.75) is 0 Å². The summed E-state index contributed by atoms with van der Waals surface area (Å²) in [6.07, 6.45) is 0. The zero-order valence-corrected chi connectivity index (χ0v) is 9.06. The lowest BCUT2D eigenvalue weighted by Gasteiger charge is -2.26. The van der Waals surface area contributed by atoms with Gasteiger partial charge in [-0.25, -0.2) is 4.79 Å². The van der Waals surface area contributed by atoms with E-state index in [2.05, 4.69) is 28.2 Å². The van der Waals surface area contributed by atoms with Crippen molar-refractivity contribution in [1.82, 2.24) is 15.5 Å². The average molecular weight is 219 g/mol. The Hall–Kier alpha value is -0.460. The molecule has 1 aliphatic rings. The van der Waals surface area contributed by atoms with Gasteiger partial charge in [-0.05, 0) is 0 Å². The molecule has 0 atom stereocenters. The normalized spacial score (nSPS) is 17.8. The molecule has 0 saturated carbocycles. The molecule has 1 aliphatic heterocycles. The van der Waals surface area contributed by atoms with Gasteiger partial charge >= 0.3 is 6.03 Å². The number of nitrogens with zero attached hydrogens (tertiary/aromatic N) is 1. The Bertz CT molecular complexity index is 174. The van der Waals surface area contributed by atoms with Crippen molar-refractivity contribution in [2.24, 2.45) is 0 Å². The van der Waals surface area contributed by atoms with Gasteiger partial charge in [0, 0.05) is 25.4 Å². The zero-order chi connectivity index (χ0) is 10.2. The summed E-state index contributed by atoms with van der Waals surface area (Å²) in [6.45, 7) is 4.44. The maximum atomic E-state index is 11.1. The number of morpholine rings is 1. The highest BCUT2D eigenvalue weighted by Crippen LogP contribution is 1.93. The van der Waals surface area contributed by atoms with Gasteiger partial charge in [-0.2, -0.15) is 12.6 Å². The first kappa shape index (κ1) is 11.6. The van der Waals surface area contributed by atoms with Crippen molar-refractivity contribution in [2.75, 3.05) is 45.3 Å². The number of thiol groups is 1. The van der Waals surface area contributed by atoms with Crippen LogP contribution in [0.4, 0.5) is 4.79 Å². The highest BCUT2D eigenvalue weighted by atomic mass is 32.1. The van der Waals surface area contributed by atoms with Crippen molar-refractivity contribution in [3.05, 3.63) is 0 Å². The van der Waals surface area contributed by atoms with E-state index in [4.69, 9.17) is 4.74 Å². The van der Waals surface area contributed by atoms with E-state index in [1.165, 1.54) is 0 Å². The van der Waals surface area contributed by atoms with Crippen molar-refractivity contribution in [1.29, 1.82) is 0 Å². The molecule has 0 unspecified atom stereocenters. The second-order valence-corrected chi connectivity index (χ2v) is 3.49. The summed E-state index contributed by atoms with van der Waals surface area (Å²) >= 11 is 4.00. The lowest BCUT2D eigenvalue weighted by atomic mass is 10.4. The Morgan fingerprint density at radius 2 is 2.07 bits per heavy atom. The molecule has 1 fully saturated rings. The van der Waals surface area contributed by atoms with Crippen LogP contribution in [0.25, 0.3) is 0 Å². The Labute approximate surface area is 89.6 Å². The maximum Gasteiger partial charge on any atom is 0.315 e. The van der Waals surface area contributed by atoms with E-state index in [0.717, 1.165) is 26.3 Å². The minimum atomic E-state index is -0.134.